The molecule has 0 aliphatic carbocycles. The number of pyridine rings is 1. The summed E-state index contributed by atoms with van der Waals surface area (Å²) in [5.74, 6) is -0.265. The average molecular weight is 309 g/mol. The topological polar surface area (TPSA) is 24.9 Å². The van der Waals surface area contributed by atoms with E-state index in [0.717, 1.165) is 23.1 Å². The van der Waals surface area contributed by atoms with Gasteiger partial charge in [-0.25, -0.2) is 4.39 Å². The molecule has 1 aromatic heterocycles. The summed E-state index contributed by atoms with van der Waals surface area (Å²) in [6, 6.07) is 8.60. The molecule has 2 nitrogen and oxygen atoms in total. The molecule has 2 aromatic rings. The van der Waals surface area contributed by atoms with Crippen LogP contribution in [0.15, 0.2) is 41.0 Å². The Morgan fingerprint density at radius 2 is 2.11 bits per heavy atom. The van der Waals surface area contributed by atoms with Gasteiger partial charge in [-0.05, 0) is 36.8 Å². The van der Waals surface area contributed by atoms with Gasteiger partial charge in [0.25, 0.3) is 0 Å². The third kappa shape index (κ3) is 3.07. The molecule has 0 aliphatic heterocycles. The number of anilines is 1. The standard InChI is InChI=1S/C14H14BrFN2/c1-2-6-17-11-5-7-18-14(9-11)12-8-10(15)3-4-13(12)16/h3-5,7-9H,2,6H2,1H3,(H,17,18). The highest BCUT2D eigenvalue weighted by Gasteiger charge is 2.07. The third-order valence-corrected chi connectivity index (χ3v) is 3.04. The molecule has 1 aromatic carbocycles. The van der Waals surface area contributed by atoms with Crippen molar-refractivity contribution in [3.05, 3.63) is 46.8 Å². The predicted molar refractivity (Wildman–Crippen MR) is 76.1 cm³/mol. The SMILES string of the molecule is CCCNc1ccnc(-c2cc(Br)ccc2F)c1. The van der Waals surface area contributed by atoms with Crippen LogP contribution >= 0.6 is 15.9 Å². The molecule has 0 atom stereocenters. The monoisotopic (exact) mass is 308 g/mol. The number of hydrogen-bond donors (Lipinski definition) is 1. The summed E-state index contributed by atoms with van der Waals surface area (Å²) in [5.41, 5.74) is 2.10. The van der Waals surface area contributed by atoms with Crippen LogP contribution in [0, 0.1) is 5.82 Å². The maximum absolute atomic E-state index is 13.8. The highest BCUT2D eigenvalue weighted by Crippen LogP contribution is 2.26. The van der Waals surface area contributed by atoms with Crippen molar-refractivity contribution in [1.82, 2.24) is 4.98 Å². The first-order valence-electron chi connectivity index (χ1n) is 5.86. The van der Waals surface area contributed by atoms with E-state index >= 15 is 0 Å². The molecule has 2 rings (SSSR count). The minimum absolute atomic E-state index is 0.265. The number of benzene rings is 1. The predicted octanol–water partition coefficient (Wildman–Crippen LogP) is 4.47. The molecule has 0 radical (unpaired) electrons. The molecule has 18 heavy (non-hydrogen) atoms. The Bertz CT molecular complexity index is 543. The van der Waals surface area contributed by atoms with Crippen LogP contribution in [0.5, 0.6) is 0 Å². The van der Waals surface area contributed by atoms with Gasteiger partial charge in [-0.2, -0.15) is 0 Å². The van der Waals surface area contributed by atoms with Crippen molar-refractivity contribution in [3.8, 4) is 11.3 Å². The number of halogens is 2. The zero-order valence-corrected chi connectivity index (χ0v) is 11.7. The van der Waals surface area contributed by atoms with Crippen LogP contribution in [0.3, 0.4) is 0 Å². The average Bonchev–Trinajstić information content (AvgIpc) is 2.39. The van der Waals surface area contributed by atoms with Crippen LogP contribution in [0.1, 0.15) is 13.3 Å². The van der Waals surface area contributed by atoms with Crippen molar-refractivity contribution in [2.75, 3.05) is 11.9 Å². The number of rotatable bonds is 4. The Balaban J connectivity index is 2.35. The summed E-state index contributed by atoms with van der Waals surface area (Å²) in [4.78, 5) is 4.22. The van der Waals surface area contributed by atoms with Gasteiger partial charge in [0, 0.05) is 28.5 Å². The van der Waals surface area contributed by atoms with Crippen LogP contribution in [-0.2, 0) is 0 Å². The van der Waals surface area contributed by atoms with Crippen LogP contribution in [-0.4, -0.2) is 11.5 Å². The largest absolute Gasteiger partial charge is 0.385 e. The van der Waals surface area contributed by atoms with E-state index in [-0.39, 0.29) is 5.82 Å². The molecule has 1 heterocycles. The highest BCUT2D eigenvalue weighted by atomic mass is 79.9. The van der Waals surface area contributed by atoms with E-state index < -0.39 is 0 Å². The lowest BCUT2D eigenvalue weighted by molar-refractivity contribution is 0.630. The smallest absolute Gasteiger partial charge is 0.132 e. The van der Waals surface area contributed by atoms with Gasteiger partial charge in [-0.1, -0.05) is 22.9 Å². The highest BCUT2D eigenvalue weighted by molar-refractivity contribution is 9.10. The summed E-state index contributed by atoms with van der Waals surface area (Å²) >= 11 is 3.34. The molecule has 1 N–H and O–H groups in total. The second-order valence-electron chi connectivity index (χ2n) is 3.98. The lowest BCUT2D eigenvalue weighted by Crippen LogP contribution is -2.00. The van der Waals surface area contributed by atoms with Gasteiger partial charge in [-0.15, -0.1) is 0 Å². The van der Waals surface area contributed by atoms with Gasteiger partial charge in [0.05, 0.1) is 5.69 Å². The molecule has 0 saturated carbocycles. The number of nitrogens with one attached hydrogen (secondary N) is 1. The second kappa shape index (κ2) is 5.96. The minimum atomic E-state index is -0.265. The van der Waals surface area contributed by atoms with Gasteiger partial charge in [0.15, 0.2) is 0 Å². The van der Waals surface area contributed by atoms with Crippen LogP contribution in [0.4, 0.5) is 10.1 Å². The molecular weight excluding hydrogens is 295 g/mol. The first kappa shape index (κ1) is 13.0. The molecule has 0 amide bonds. The molecule has 0 bridgehead atoms. The quantitative estimate of drug-likeness (QED) is 0.901. The fourth-order valence-electron chi connectivity index (χ4n) is 1.65. The van der Waals surface area contributed by atoms with E-state index in [1.54, 1.807) is 18.3 Å². The Morgan fingerprint density at radius 3 is 2.89 bits per heavy atom. The van der Waals surface area contributed by atoms with Crippen molar-refractivity contribution in [1.29, 1.82) is 0 Å². The number of hydrogen-bond acceptors (Lipinski definition) is 2. The van der Waals surface area contributed by atoms with E-state index in [1.165, 1.54) is 6.07 Å². The molecule has 4 heteroatoms. The van der Waals surface area contributed by atoms with Gasteiger partial charge in [0.1, 0.15) is 5.82 Å². The molecule has 94 valence electrons. The summed E-state index contributed by atoms with van der Waals surface area (Å²) < 4.78 is 14.6. The van der Waals surface area contributed by atoms with Gasteiger partial charge in [-0.3, -0.25) is 4.98 Å². The van der Waals surface area contributed by atoms with Crippen LogP contribution in [0.2, 0.25) is 0 Å². The second-order valence-corrected chi connectivity index (χ2v) is 4.90. The zero-order valence-electron chi connectivity index (χ0n) is 10.1. The summed E-state index contributed by atoms with van der Waals surface area (Å²) in [5, 5.41) is 3.26. The molecule has 0 aliphatic rings. The van der Waals surface area contributed by atoms with Crippen LogP contribution in [0.25, 0.3) is 11.3 Å². The van der Waals surface area contributed by atoms with E-state index in [2.05, 4.69) is 33.2 Å². The van der Waals surface area contributed by atoms with E-state index in [1.807, 2.05) is 12.1 Å². The third-order valence-electron chi connectivity index (χ3n) is 2.54. The Labute approximate surface area is 114 Å². The molecular formula is C14H14BrFN2. The molecule has 0 saturated heterocycles. The van der Waals surface area contributed by atoms with Crippen molar-refractivity contribution in [3.63, 3.8) is 0 Å². The fourth-order valence-corrected chi connectivity index (χ4v) is 2.01. The van der Waals surface area contributed by atoms with Crippen LogP contribution < -0.4 is 5.32 Å². The Morgan fingerprint density at radius 1 is 1.28 bits per heavy atom. The maximum Gasteiger partial charge on any atom is 0.132 e. The first-order chi connectivity index (χ1) is 8.70. The van der Waals surface area contributed by atoms with Crippen molar-refractivity contribution in [2.45, 2.75) is 13.3 Å². The van der Waals surface area contributed by atoms with E-state index in [4.69, 9.17) is 0 Å². The van der Waals surface area contributed by atoms with E-state index in [9.17, 15) is 4.39 Å². The Kier molecular flexibility index (Phi) is 4.31. The van der Waals surface area contributed by atoms with Crippen molar-refractivity contribution < 1.29 is 4.39 Å². The first-order valence-corrected chi connectivity index (χ1v) is 6.65. The molecule has 0 spiro atoms. The normalized spacial score (nSPS) is 10.4. The number of aromatic nitrogens is 1. The summed E-state index contributed by atoms with van der Waals surface area (Å²) in [7, 11) is 0. The fraction of sp³-hybridized carbons (Fsp3) is 0.214. The van der Waals surface area contributed by atoms with Gasteiger partial charge >= 0.3 is 0 Å². The number of nitrogens with zero attached hydrogens (tertiary/aromatic N) is 1. The maximum atomic E-state index is 13.8. The lowest BCUT2D eigenvalue weighted by atomic mass is 10.1. The zero-order chi connectivity index (χ0) is 13.0. The Hall–Kier alpha value is -1.42. The van der Waals surface area contributed by atoms with Gasteiger partial charge in [0.2, 0.25) is 0 Å². The minimum Gasteiger partial charge on any atom is -0.385 e. The summed E-state index contributed by atoms with van der Waals surface area (Å²) in [6.45, 7) is 2.99. The molecule has 0 fully saturated rings. The van der Waals surface area contributed by atoms with Gasteiger partial charge < -0.3 is 5.32 Å². The van der Waals surface area contributed by atoms with E-state index in [0.29, 0.717) is 11.3 Å². The van der Waals surface area contributed by atoms with Crippen molar-refractivity contribution in [2.24, 2.45) is 0 Å². The lowest BCUT2D eigenvalue weighted by Gasteiger charge is -2.08. The van der Waals surface area contributed by atoms with Crippen molar-refractivity contribution >= 4 is 21.6 Å². The summed E-state index contributed by atoms with van der Waals surface area (Å²) in [6.07, 6.45) is 2.73. The molecule has 0 unspecified atom stereocenters.